The first-order valence-corrected chi connectivity index (χ1v) is 12.6. The van der Waals surface area contributed by atoms with E-state index in [0.29, 0.717) is 33.1 Å². The van der Waals surface area contributed by atoms with Gasteiger partial charge in [0.1, 0.15) is 28.4 Å². The molecule has 8 nitrogen and oxygen atoms in total. The molecule has 3 aromatic carbocycles. The van der Waals surface area contributed by atoms with Gasteiger partial charge in [0.15, 0.2) is 10.5 Å². The van der Waals surface area contributed by atoms with Gasteiger partial charge in [0.25, 0.3) is 0 Å². The average molecular weight is 513 g/mol. The van der Waals surface area contributed by atoms with Gasteiger partial charge >= 0.3 is 5.97 Å². The van der Waals surface area contributed by atoms with Crippen molar-refractivity contribution in [3.05, 3.63) is 108 Å². The molecule has 0 fully saturated rings. The molecule has 1 atom stereocenters. The number of ether oxygens (including phenoxy) is 1. The van der Waals surface area contributed by atoms with Crippen LogP contribution >= 0.6 is 0 Å². The molecule has 186 valence electrons. The Labute approximate surface area is 217 Å². The van der Waals surface area contributed by atoms with Crippen molar-refractivity contribution in [3.8, 4) is 11.4 Å². The molecule has 5 aromatic rings. The first kappa shape index (κ1) is 24.4. The summed E-state index contributed by atoms with van der Waals surface area (Å²) in [6, 6.07) is 25.9. The molecule has 0 saturated heterocycles. The normalized spacial score (nSPS) is 11.9. The summed E-state index contributed by atoms with van der Waals surface area (Å²) in [4.78, 5) is 17.4. The summed E-state index contributed by atoms with van der Waals surface area (Å²) in [5.74, 6) is -0.533. The molecule has 9 heteroatoms. The Morgan fingerprint density at radius 1 is 1.03 bits per heavy atom. The maximum absolute atomic E-state index is 14.1. The van der Waals surface area contributed by atoms with Gasteiger partial charge in [-0.05, 0) is 48.9 Å². The average Bonchev–Trinajstić information content (AvgIpc) is 3.28. The number of carboxylic acids is 1. The van der Waals surface area contributed by atoms with Crippen LogP contribution in [0, 0.1) is 6.92 Å². The van der Waals surface area contributed by atoms with Crippen LogP contribution in [0.25, 0.3) is 16.7 Å². The molecule has 1 N–H and O–H groups in total. The highest BCUT2D eigenvalue weighted by Crippen LogP contribution is 2.37. The number of hydrogen-bond acceptors (Lipinski definition) is 6. The van der Waals surface area contributed by atoms with Crippen molar-refractivity contribution in [2.75, 3.05) is 11.4 Å². The van der Waals surface area contributed by atoms with Crippen molar-refractivity contribution >= 4 is 34.1 Å². The van der Waals surface area contributed by atoms with E-state index in [0.717, 1.165) is 11.3 Å². The van der Waals surface area contributed by atoms with E-state index < -0.39 is 17.3 Å². The lowest BCUT2D eigenvalue weighted by Gasteiger charge is -2.27. The molecule has 0 saturated carbocycles. The van der Waals surface area contributed by atoms with Crippen LogP contribution in [-0.2, 0) is 17.9 Å². The molecule has 1 unspecified atom stereocenters. The molecule has 0 radical (unpaired) electrons. The van der Waals surface area contributed by atoms with E-state index in [1.807, 2.05) is 60.7 Å². The SMILES string of the molecule is COc1ccc([S+]([O-])N(Cc2ccccc2)c2c(C(=O)O)cnc3c2c(C)nn3-c2ccccc2)cc1. The minimum Gasteiger partial charge on any atom is -0.588 e. The number of aromatic nitrogens is 3. The van der Waals surface area contributed by atoms with E-state index in [1.165, 1.54) is 6.20 Å². The predicted octanol–water partition coefficient (Wildman–Crippen LogP) is 5.17. The number of fused-ring (bicyclic) bond motifs is 1. The monoisotopic (exact) mass is 512 g/mol. The lowest BCUT2D eigenvalue weighted by atomic mass is 10.1. The van der Waals surface area contributed by atoms with Crippen LogP contribution in [0.2, 0.25) is 0 Å². The summed E-state index contributed by atoms with van der Waals surface area (Å²) >= 11 is -1.76. The second-order valence-corrected chi connectivity index (χ2v) is 9.71. The molecular weight excluding hydrogens is 488 g/mol. The Morgan fingerprint density at radius 2 is 1.68 bits per heavy atom. The molecule has 37 heavy (non-hydrogen) atoms. The molecule has 0 aliphatic carbocycles. The van der Waals surface area contributed by atoms with E-state index in [9.17, 15) is 14.5 Å². The minimum absolute atomic E-state index is 0.0546. The zero-order valence-corrected chi connectivity index (χ0v) is 21.1. The first-order chi connectivity index (χ1) is 18.0. The van der Waals surface area contributed by atoms with E-state index >= 15 is 0 Å². The maximum atomic E-state index is 14.1. The largest absolute Gasteiger partial charge is 0.588 e. The highest BCUT2D eigenvalue weighted by atomic mass is 32.2. The topological polar surface area (TPSA) is 104 Å². The molecule has 0 aliphatic rings. The fourth-order valence-electron chi connectivity index (χ4n) is 4.19. The van der Waals surface area contributed by atoms with Gasteiger partial charge in [0, 0.05) is 6.20 Å². The number of hydrogen-bond donors (Lipinski definition) is 1. The van der Waals surface area contributed by atoms with Crippen molar-refractivity contribution in [3.63, 3.8) is 0 Å². The van der Waals surface area contributed by atoms with E-state index in [2.05, 4.69) is 10.1 Å². The van der Waals surface area contributed by atoms with E-state index in [1.54, 1.807) is 47.3 Å². The number of anilines is 1. The molecule has 0 amide bonds. The standard InChI is InChI=1S/C28H24N4O4S/c1-19-25-26(24(28(33)34)17-29-27(25)32(30-19)21-11-7-4-8-12-21)31(18-20-9-5-3-6-10-20)37(35)23-15-13-22(36-2)14-16-23/h3-17H,18H2,1-2H3,(H,33,34). The molecule has 5 rings (SSSR count). The Morgan fingerprint density at radius 3 is 2.30 bits per heavy atom. The number of carboxylic acid groups (broad SMARTS) is 1. The Bertz CT molecular complexity index is 1540. The second-order valence-electron chi connectivity index (χ2n) is 8.30. The molecule has 2 heterocycles. The lowest BCUT2D eigenvalue weighted by Crippen LogP contribution is -2.32. The van der Waals surface area contributed by atoms with Crippen LogP contribution < -0.4 is 9.04 Å². The summed E-state index contributed by atoms with van der Waals surface area (Å²) in [6.07, 6.45) is 1.31. The number of pyridine rings is 1. The fourth-order valence-corrected chi connectivity index (χ4v) is 5.43. The van der Waals surface area contributed by atoms with E-state index in [4.69, 9.17) is 4.74 Å². The molecular formula is C28H24N4O4S. The molecule has 0 aliphatic heterocycles. The zero-order chi connectivity index (χ0) is 25.9. The van der Waals surface area contributed by atoms with Gasteiger partial charge in [-0.1, -0.05) is 48.5 Å². The van der Waals surface area contributed by atoms with Crippen molar-refractivity contribution in [1.29, 1.82) is 0 Å². The fraction of sp³-hybridized carbons (Fsp3) is 0.107. The third-order valence-corrected chi connectivity index (χ3v) is 7.34. The number of carbonyl (C=O) groups is 1. The van der Waals surface area contributed by atoms with Crippen molar-refractivity contribution in [1.82, 2.24) is 14.8 Å². The zero-order valence-electron chi connectivity index (χ0n) is 20.2. The van der Waals surface area contributed by atoms with Crippen LogP contribution in [0.3, 0.4) is 0 Å². The summed E-state index contributed by atoms with van der Waals surface area (Å²) in [5.41, 5.74) is 2.96. The molecule has 0 spiro atoms. The summed E-state index contributed by atoms with van der Waals surface area (Å²) in [5, 5.41) is 15.4. The Kier molecular flexibility index (Phi) is 6.80. The van der Waals surface area contributed by atoms with Gasteiger partial charge in [-0.15, -0.1) is 0 Å². The highest BCUT2D eigenvalue weighted by Gasteiger charge is 2.32. The van der Waals surface area contributed by atoms with Crippen LogP contribution in [0.5, 0.6) is 5.75 Å². The number of rotatable bonds is 8. The summed E-state index contributed by atoms with van der Waals surface area (Å²) in [7, 11) is 1.56. The van der Waals surface area contributed by atoms with Crippen molar-refractivity contribution in [2.45, 2.75) is 18.4 Å². The van der Waals surface area contributed by atoms with Crippen LogP contribution in [-0.4, -0.2) is 37.5 Å². The molecule has 2 aromatic heterocycles. The lowest BCUT2D eigenvalue weighted by molar-refractivity contribution is 0.0697. The molecule has 0 bridgehead atoms. The van der Waals surface area contributed by atoms with Crippen LogP contribution in [0.15, 0.2) is 96.0 Å². The Hall–Kier alpha value is -4.34. The van der Waals surface area contributed by atoms with Gasteiger partial charge in [0.05, 0.1) is 30.4 Å². The van der Waals surface area contributed by atoms with Gasteiger partial charge in [-0.25, -0.2) is 14.5 Å². The van der Waals surface area contributed by atoms with Crippen molar-refractivity contribution in [2.24, 2.45) is 0 Å². The third kappa shape index (κ3) is 4.74. The number of para-hydroxylation sites is 1. The van der Waals surface area contributed by atoms with Gasteiger partial charge < -0.3 is 14.4 Å². The summed E-state index contributed by atoms with van der Waals surface area (Å²) in [6.45, 7) is 2.00. The van der Waals surface area contributed by atoms with Gasteiger partial charge in [-0.3, -0.25) is 0 Å². The number of methoxy groups -OCH3 is 1. The highest BCUT2D eigenvalue weighted by molar-refractivity contribution is 7.92. The predicted molar refractivity (Wildman–Crippen MR) is 143 cm³/mol. The van der Waals surface area contributed by atoms with Crippen molar-refractivity contribution < 1.29 is 19.2 Å². The number of aromatic carboxylic acids is 1. The Balaban J connectivity index is 1.75. The number of aryl methyl sites for hydroxylation is 1. The quantitative estimate of drug-likeness (QED) is 0.286. The number of nitrogens with zero attached hydrogens (tertiary/aromatic N) is 4. The maximum Gasteiger partial charge on any atom is 0.339 e. The number of benzene rings is 3. The van der Waals surface area contributed by atoms with Gasteiger partial charge in [0.2, 0.25) is 0 Å². The van der Waals surface area contributed by atoms with E-state index in [-0.39, 0.29) is 12.1 Å². The second kappa shape index (κ2) is 10.3. The van der Waals surface area contributed by atoms with Crippen LogP contribution in [0.1, 0.15) is 21.6 Å². The summed E-state index contributed by atoms with van der Waals surface area (Å²) < 4.78 is 22.6. The van der Waals surface area contributed by atoms with Gasteiger partial charge in [-0.2, -0.15) is 9.40 Å². The first-order valence-electron chi connectivity index (χ1n) is 11.5. The van der Waals surface area contributed by atoms with Crippen LogP contribution in [0.4, 0.5) is 5.69 Å². The minimum atomic E-state index is -1.76. The third-order valence-electron chi connectivity index (χ3n) is 5.95. The smallest absolute Gasteiger partial charge is 0.339 e.